The first-order valence-electron chi connectivity index (χ1n) is 7.16. The van der Waals surface area contributed by atoms with Crippen molar-refractivity contribution in [3.05, 3.63) is 0 Å². The molecule has 4 heteroatoms. The molecule has 0 aromatic rings. The minimum atomic E-state index is -0.659. The maximum atomic E-state index is 12.7. The summed E-state index contributed by atoms with van der Waals surface area (Å²) in [6.45, 7) is 6.27. The number of carbonyl (C=O) groups is 2. The lowest BCUT2D eigenvalue weighted by Crippen LogP contribution is -2.68. The molecule has 1 unspecified atom stereocenters. The Morgan fingerprint density at radius 1 is 1.33 bits per heavy atom. The van der Waals surface area contributed by atoms with Crippen LogP contribution in [0.2, 0.25) is 0 Å². The zero-order valence-corrected chi connectivity index (χ0v) is 11.7. The molecular formula is C14H24N2O2. The normalized spacial score (nSPS) is 25.6. The van der Waals surface area contributed by atoms with Gasteiger partial charge in [0.2, 0.25) is 11.8 Å². The van der Waals surface area contributed by atoms with Crippen molar-refractivity contribution < 1.29 is 9.59 Å². The van der Waals surface area contributed by atoms with E-state index in [-0.39, 0.29) is 24.4 Å². The van der Waals surface area contributed by atoms with Gasteiger partial charge in [-0.3, -0.25) is 9.59 Å². The van der Waals surface area contributed by atoms with Crippen LogP contribution in [0.4, 0.5) is 0 Å². The first-order valence-corrected chi connectivity index (χ1v) is 7.16. The molecule has 1 N–H and O–H groups in total. The van der Waals surface area contributed by atoms with Crippen LogP contribution in [0, 0.1) is 5.92 Å². The van der Waals surface area contributed by atoms with Gasteiger partial charge in [0.05, 0.1) is 6.54 Å². The van der Waals surface area contributed by atoms with E-state index in [4.69, 9.17) is 0 Å². The topological polar surface area (TPSA) is 49.4 Å². The Kier molecular flexibility index (Phi) is 3.64. The van der Waals surface area contributed by atoms with E-state index in [0.29, 0.717) is 18.8 Å². The van der Waals surface area contributed by atoms with E-state index in [0.717, 1.165) is 0 Å². The maximum Gasteiger partial charge on any atom is 0.249 e. The van der Waals surface area contributed by atoms with Gasteiger partial charge < -0.3 is 10.2 Å². The van der Waals surface area contributed by atoms with Crippen LogP contribution >= 0.6 is 0 Å². The molecule has 2 amide bonds. The fourth-order valence-electron chi connectivity index (χ4n) is 3.10. The monoisotopic (exact) mass is 252 g/mol. The number of hydrogen-bond donors (Lipinski definition) is 1. The Balaban J connectivity index is 2.19. The average molecular weight is 252 g/mol. The number of carbonyl (C=O) groups excluding carboxylic acids is 2. The van der Waals surface area contributed by atoms with Crippen molar-refractivity contribution in [2.24, 2.45) is 5.92 Å². The summed E-state index contributed by atoms with van der Waals surface area (Å²) in [7, 11) is 0. The van der Waals surface area contributed by atoms with E-state index in [2.05, 4.69) is 12.2 Å². The van der Waals surface area contributed by atoms with Crippen LogP contribution in [0.5, 0.6) is 0 Å². The Bertz CT molecular complexity index is 346. The molecule has 2 aliphatic rings. The second-order valence-electron chi connectivity index (χ2n) is 5.70. The summed E-state index contributed by atoms with van der Waals surface area (Å²) < 4.78 is 0. The van der Waals surface area contributed by atoms with E-state index >= 15 is 0 Å². The van der Waals surface area contributed by atoms with Crippen LogP contribution in [-0.2, 0) is 9.59 Å². The van der Waals surface area contributed by atoms with Crippen molar-refractivity contribution in [2.75, 3.05) is 6.54 Å². The van der Waals surface area contributed by atoms with Crippen LogP contribution in [0.1, 0.15) is 52.9 Å². The Morgan fingerprint density at radius 2 is 1.94 bits per heavy atom. The number of amides is 2. The molecular weight excluding hydrogens is 228 g/mol. The van der Waals surface area contributed by atoms with Gasteiger partial charge in [0, 0.05) is 6.04 Å². The molecule has 0 spiro atoms. The molecule has 1 heterocycles. The molecule has 1 saturated carbocycles. The number of piperazine rings is 1. The minimum absolute atomic E-state index is 0.00975. The van der Waals surface area contributed by atoms with E-state index in [1.807, 2.05) is 18.7 Å². The Labute approximate surface area is 109 Å². The number of nitrogens with one attached hydrogen (secondary N) is 1. The zero-order chi connectivity index (χ0) is 13.3. The Morgan fingerprint density at radius 3 is 2.39 bits per heavy atom. The highest BCUT2D eigenvalue weighted by Gasteiger charge is 2.46. The molecule has 102 valence electrons. The first kappa shape index (κ1) is 13.4. The molecule has 1 aliphatic heterocycles. The van der Waals surface area contributed by atoms with Gasteiger partial charge in [-0.25, -0.2) is 0 Å². The van der Waals surface area contributed by atoms with Gasteiger partial charge in [-0.05, 0) is 38.5 Å². The quantitative estimate of drug-likeness (QED) is 0.827. The van der Waals surface area contributed by atoms with Gasteiger partial charge in [0.15, 0.2) is 0 Å². The summed E-state index contributed by atoms with van der Waals surface area (Å²) in [5, 5.41) is 2.91. The van der Waals surface area contributed by atoms with E-state index in [1.54, 1.807) is 0 Å². The second kappa shape index (κ2) is 4.90. The second-order valence-corrected chi connectivity index (χ2v) is 5.70. The van der Waals surface area contributed by atoms with Gasteiger partial charge >= 0.3 is 0 Å². The minimum Gasteiger partial charge on any atom is -0.340 e. The van der Waals surface area contributed by atoms with Crippen LogP contribution in [-0.4, -0.2) is 34.8 Å². The van der Waals surface area contributed by atoms with Gasteiger partial charge in [-0.2, -0.15) is 0 Å². The molecule has 0 bridgehead atoms. The fraction of sp³-hybridized carbons (Fsp3) is 0.857. The van der Waals surface area contributed by atoms with Crippen LogP contribution < -0.4 is 5.32 Å². The third-order valence-electron chi connectivity index (χ3n) is 4.89. The lowest BCUT2D eigenvalue weighted by atomic mass is 9.78. The summed E-state index contributed by atoms with van der Waals surface area (Å²) in [6.07, 6.45) is 4.98. The van der Waals surface area contributed by atoms with Crippen molar-refractivity contribution in [1.29, 1.82) is 0 Å². The smallest absolute Gasteiger partial charge is 0.249 e. The SMILES string of the molecule is CCC1(CC)NC(=O)CN(C(C)C2CCC2)C1=O. The Hall–Kier alpha value is -1.06. The number of nitrogens with zero attached hydrogens (tertiary/aromatic N) is 1. The molecule has 0 aromatic heterocycles. The van der Waals surface area contributed by atoms with E-state index in [1.165, 1.54) is 19.3 Å². The summed E-state index contributed by atoms with van der Waals surface area (Å²) in [5.41, 5.74) is -0.659. The van der Waals surface area contributed by atoms with E-state index < -0.39 is 5.54 Å². The number of hydrogen-bond acceptors (Lipinski definition) is 2. The van der Waals surface area contributed by atoms with Crippen molar-refractivity contribution in [3.8, 4) is 0 Å². The summed E-state index contributed by atoms with van der Waals surface area (Å²) in [4.78, 5) is 26.3. The standard InChI is InChI=1S/C14H24N2O2/c1-4-14(5-2)13(18)16(9-12(17)15-14)10(3)11-7-6-8-11/h10-11H,4-9H2,1-3H3,(H,15,17). The van der Waals surface area contributed by atoms with Crippen LogP contribution in [0.3, 0.4) is 0 Å². The van der Waals surface area contributed by atoms with Gasteiger partial charge in [0.25, 0.3) is 0 Å². The zero-order valence-electron chi connectivity index (χ0n) is 11.7. The molecule has 1 aliphatic carbocycles. The summed E-state index contributed by atoms with van der Waals surface area (Å²) in [5.74, 6) is 0.697. The lowest BCUT2D eigenvalue weighted by molar-refractivity contribution is -0.154. The van der Waals surface area contributed by atoms with Gasteiger partial charge in [0.1, 0.15) is 5.54 Å². The molecule has 1 atom stereocenters. The van der Waals surface area contributed by atoms with Crippen molar-refractivity contribution in [1.82, 2.24) is 10.2 Å². The summed E-state index contributed by atoms with van der Waals surface area (Å²) >= 11 is 0. The van der Waals surface area contributed by atoms with E-state index in [9.17, 15) is 9.59 Å². The highest BCUT2D eigenvalue weighted by Crippen LogP contribution is 2.34. The predicted octanol–water partition coefficient (Wildman–Crippen LogP) is 1.69. The fourth-order valence-corrected chi connectivity index (χ4v) is 3.10. The molecule has 2 fully saturated rings. The lowest BCUT2D eigenvalue weighted by Gasteiger charge is -2.47. The van der Waals surface area contributed by atoms with Crippen LogP contribution in [0.15, 0.2) is 0 Å². The highest BCUT2D eigenvalue weighted by atomic mass is 16.2. The van der Waals surface area contributed by atoms with Crippen LogP contribution in [0.25, 0.3) is 0 Å². The molecule has 0 radical (unpaired) electrons. The molecule has 0 aromatic carbocycles. The predicted molar refractivity (Wildman–Crippen MR) is 70.0 cm³/mol. The summed E-state index contributed by atoms with van der Waals surface area (Å²) in [6, 6.07) is 0.203. The molecule has 18 heavy (non-hydrogen) atoms. The maximum absolute atomic E-state index is 12.7. The molecule has 1 saturated heterocycles. The van der Waals surface area contributed by atoms with Crippen molar-refractivity contribution in [3.63, 3.8) is 0 Å². The molecule has 2 rings (SSSR count). The van der Waals surface area contributed by atoms with Crippen molar-refractivity contribution in [2.45, 2.75) is 64.5 Å². The molecule has 4 nitrogen and oxygen atoms in total. The third kappa shape index (κ3) is 2.02. The largest absolute Gasteiger partial charge is 0.340 e. The van der Waals surface area contributed by atoms with Gasteiger partial charge in [-0.15, -0.1) is 0 Å². The number of rotatable bonds is 4. The highest BCUT2D eigenvalue weighted by molar-refractivity contribution is 5.98. The third-order valence-corrected chi connectivity index (χ3v) is 4.89. The van der Waals surface area contributed by atoms with Crippen molar-refractivity contribution >= 4 is 11.8 Å². The van der Waals surface area contributed by atoms with Gasteiger partial charge in [-0.1, -0.05) is 20.3 Å². The first-order chi connectivity index (χ1) is 8.54. The average Bonchev–Trinajstić information content (AvgIpc) is 2.29.